The van der Waals surface area contributed by atoms with E-state index in [4.69, 9.17) is 10.5 Å². The number of hydrogen-bond acceptors (Lipinski definition) is 6. The number of H-pyrrole nitrogens is 1. The van der Waals surface area contributed by atoms with Gasteiger partial charge in [-0.15, -0.1) is 0 Å². The third-order valence-electron chi connectivity index (χ3n) is 6.07. The number of alkyl halides is 3. The summed E-state index contributed by atoms with van der Waals surface area (Å²) in [6.45, 7) is 1.38. The van der Waals surface area contributed by atoms with Crippen molar-refractivity contribution >= 4 is 11.8 Å². The number of pyridine rings is 1. The molecule has 2 amide bonds. The van der Waals surface area contributed by atoms with Gasteiger partial charge in [-0.2, -0.15) is 18.3 Å². The quantitative estimate of drug-likeness (QED) is 0.377. The van der Waals surface area contributed by atoms with Gasteiger partial charge in [0.2, 0.25) is 11.5 Å². The van der Waals surface area contributed by atoms with Crippen molar-refractivity contribution in [1.82, 2.24) is 20.5 Å². The molecular formula is C23H21F4N5O4. The number of ether oxygens (including phenoxy) is 1. The maximum Gasteiger partial charge on any atom is 0.424 e. The van der Waals surface area contributed by atoms with Crippen LogP contribution in [0.4, 0.5) is 17.6 Å². The highest BCUT2D eigenvalue weighted by Crippen LogP contribution is 2.47. The smallest absolute Gasteiger partial charge is 0.424 e. The molecule has 1 aromatic carbocycles. The van der Waals surface area contributed by atoms with Crippen LogP contribution in [0.5, 0.6) is 5.75 Å². The summed E-state index contributed by atoms with van der Waals surface area (Å²) in [5.74, 6) is -2.46. The number of halogens is 4. The second kappa shape index (κ2) is 8.59. The van der Waals surface area contributed by atoms with Gasteiger partial charge in [-0.3, -0.25) is 14.7 Å². The Labute approximate surface area is 201 Å². The molecule has 5 N–H and O–H groups in total. The minimum atomic E-state index is -5.31. The van der Waals surface area contributed by atoms with Gasteiger partial charge in [-0.05, 0) is 50.2 Å². The fraction of sp³-hybridized carbons (Fsp3) is 0.304. The second-order valence-corrected chi connectivity index (χ2v) is 8.70. The molecule has 2 atom stereocenters. The van der Waals surface area contributed by atoms with Crippen LogP contribution in [0.25, 0.3) is 11.3 Å². The fourth-order valence-corrected chi connectivity index (χ4v) is 3.77. The maximum atomic E-state index is 14.3. The number of hydrogen-bond donors (Lipinski definition) is 4. The van der Waals surface area contributed by atoms with E-state index in [2.05, 4.69) is 15.2 Å². The molecule has 9 nitrogen and oxygen atoms in total. The lowest BCUT2D eigenvalue weighted by atomic mass is 9.81. The monoisotopic (exact) mass is 507 g/mol. The molecule has 1 aliphatic heterocycles. The molecule has 0 saturated heterocycles. The zero-order valence-corrected chi connectivity index (χ0v) is 19.0. The lowest BCUT2D eigenvalue weighted by Crippen LogP contribution is -2.52. The van der Waals surface area contributed by atoms with Gasteiger partial charge in [0.15, 0.2) is 0 Å². The van der Waals surface area contributed by atoms with Crippen molar-refractivity contribution in [3.63, 3.8) is 0 Å². The number of carbonyl (C=O) groups excluding carboxylic acids is 2. The van der Waals surface area contributed by atoms with Gasteiger partial charge in [-0.1, -0.05) is 0 Å². The topological polar surface area (TPSA) is 143 Å². The molecule has 0 bridgehead atoms. The summed E-state index contributed by atoms with van der Waals surface area (Å²) in [7, 11) is 0. The minimum absolute atomic E-state index is 0.0211. The van der Waals surface area contributed by atoms with E-state index in [-0.39, 0.29) is 34.9 Å². The zero-order chi connectivity index (χ0) is 26.5. The van der Waals surface area contributed by atoms with Gasteiger partial charge in [0.05, 0.1) is 12.2 Å². The Hall–Kier alpha value is -4.00. The number of aromatic nitrogens is 3. The summed E-state index contributed by atoms with van der Waals surface area (Å²) in [4.78, 5) is 28.6. The van der Waals surface area contributed by atoms with Gasteiger partial charge in [0.25, 0.3) is 5.91 Å². The third-order valence-corrected chi connectivity index (χ3v) is 6.07. The molecule has 3 aromatic rings. The summed E-state index contributed by atoms with van der Waals surface area (Å²) in [6, 6.07) is 6.87. The van der Waals surface area contributed by atoms with E-state index in [1.54, 1.807) is 6.92 Å². The van der Waals surface area contributed by atoms with Crippen molar-refractivity contribution in [1.29, 1.82) is 0 Å². The van der Waals surface area contributed by atoms with E-state index in [9.17, 15) is 32.3 Å². The number of carbonyl (C=O) groups is 2. The number of aryl methyl sites for hydroxylation is 1. The SMILES string of the molecule is Cc1cc(C(=O)NC[C@](O)(c2cc3c(c(-c4ccc(F)cc4)n2)OC[C@]3(C)C(N)=O)C(F)(F)F)n[nH]1. The maximum absolute atomic E-state index is 14.3. The molecule has 2 aromatic heterocycles. The fourth-order valence-electron chi connectivity index (χ4n) is 3.77. The molecule has 4 rings (SSSR count). The highest BCUT2D eigenvalue weighted by molar-refractivity contribution is 5.92. The predicted molar refractivity (Wildman–Crippen MR) is 117 cm³/mol. The molecule has 13 heteroatoms. The lowest BCUT2D eigenvalue weighted by Gasteiger charge is -2.31. The number of amides is 2. The van der Waals surface area contributed by atoms with E-state index in [1.165, 1.54) is 25.1 Å². The van der Waals surface area contributed by atoms with Crippen molar-refractivity contribution in [2.45, 2.75) is 31.0 Å². The van der Waals surface area contributed by atoms with Crippen molar-refractivity contribution in [3.05, 3.63) is 64.9 Å². The van der Waals surface area contributed by atoms with Crippen LogP contribution < -0.4 is 15.8 Å². The highest BCUT2D eigenvalue weighted by atomic mass is 19.4. The number of benzene rings is 1. The van der Waals surface area contributed by atoms with Crippen molar-refractivity contribution in [3.8, 4) is 17.0 Å². The molecule has 3 heterocycles. The van der Waals surface area contributed by atoms with Gasteiger partial charge in [0.1, 0.15) is 35.0 Å². The summed E-state index contributed by atoms with van der Waals surface area (Å²) >= 11 is 0. The zero-order valence-electron chi connectivity index (χ0n) is 19.0. The van der Waals surface area contributed by atoms with Gasteiger partial charge in [-0.25, -0.2) is 9.37 Å². The Morgan fingerprint density at radius 2 is 1.92 bits per heavy atom. The number of nitrogens with one attached hydrogen (secondary N) is 2. The van der Waals surface area contributed by atoms with Gasteiger partial charge < -0.3 is 20.9 Å². The summed E-state index contributed by atoms with van der Waals surface area (Å²) in [5, 5.41) is 19.1. The van der Waals surface area contributed by atoms with Crippen LogP contribution in [0.3, 0.4) is 0 Å². The Morgan fingerprint density at radius 1 is 1.25 bits per heavy atom. The molecule has 0 radical (unpaired) electrons. The molecular weight excluding hydrogens is 486 g/mol. The van der Waals surface area contributed by atoms with Crippen LogP contribution in [0.1, 0.15) is 34.4 Å². The van der Waals surface area contributed by atoms with E-state index in [1.807, 2.05) is 5.32 Å². The molecule has 0 spiro atoms. The number of nitrogens with zero attached hydrogens (tertiary/aromatic N) is 2. The van der Waals surface area contributed by atoms with E-state index >= 15 is 0 Å². The third kappa shape index (κ3) is 4.15. The molecule has 0 fully saturated rings. The van der Waals surface area contributed by atoms with Crippen LogP contribution in [-0.4, -0.2) is 51.4 Å². The first-order valence-electron chi connectivity index (χ1n) is 10.6. The number of rotatable bonds is 6. The number of fused-ring (bicyclic) bond motifs is 1. The van der Waals surface area contributed by atoms with Gasteiger partial charge >= 0.3 is 6.18 Å². The standard InChI is InChI=1S/C23H21F4N5O4/c1-11-7-15(32-31-11)19(33)29-9-22(35,23(25,26)27)16-8-14-18(36-10-21(14,2)20(28)34)17(30-16)12-3-5-13(24)6-4-12/h3-8,35H,9-10H2,1-2H3,(H2,28,34)(H,29,33)(H,31,32)/t21-,22-/m0/s1. The van der Waals surface area contributed by atoms with Crippen LogP contribution in [-0.2, 0) is 15.8 Å². The second-order valence-electron chi connectivity index (χ2n) is 8.70. The highest BCUT2D eigenvalue weighted by Gasteiger charge is 2.57. The summed E-state index contributed by atoms with van der Waals surface area (Å²) < 4.78 is 62.0. The van der Waals surface area contributed by atoms with Crippen molar-refractivity contribution in [2.24, 2.45) is 5.73 Å². The normalized spacial score (nSPS) is 18.8. The molecule has 36 heavy (non-hydrogen) atoms. The lowest BCUT2D eigenvalue weighted by molar-refractivity contribution is -0.265. The Balaban J connectivity index is 1.86. The summed E-state index contributed by atoms with van der Waals surface area (Å²) in [6.07, 6.45) is -5.31. The molecule has 1 aliphatic rings. The molecule has 0 aliphatic carbocycles. The Morgan fingerprint density at radius 3 is 2.47 bits per heavy atom. The number of aromatic amines is 1. The Bertz CT molecular complexity index is 1340. The van der Waals surface area contributed by atoms with E-state index in [0.29, 0.717) is 5.69 Å². The van der Waals surface area contributed by atoms with Crippen molar-refractivity contribution < 1.29 is 37.0 Å². The number of aliphatic hydroxyl groups is 1. The summed E-state index contributed by atoms with van der Waals surface area (Å²) in [5.41, 5.74) is -0.310. The van der Waals surface area contributed by atoms with E-state index in [0.717, 1.165) is 18.2 Å². The number of nitrogens with two attached hydrogens (primary N) is 1. The largest absolute Gasteiger partial charge is 0.489 e. The average molecular weight is 507 g/mol. The average Bonchev–Trinajstić information content (AvgIpc) is 3.41. The number of primary amides is 1. The van der Waals surface area contributed by atoms with Crippen LogP contribution >= 0.6 is 0 Å². The first kappa shape index (κ1) is 25.1. The first-order valence-corrected chi connectivity index (χ1v) is 10.6. The van der Waals surface area contributed by atoms with Gasteiger partial charge in [0, 0.05) is 16.8 Å². The molecule has 0 saturated carbocycles. The Kier molecular flexibility index (Phi) is 5.99. The van der Waals surface area contributed by atoms with E-state index < -0.39 is 47.1 Å². The van der Waals surface area contributed by atoms with Crippen LogP contribution in [0.2, 0.25) is 0 Å². The van der Waals surface area contributed by atoms with Crippen LogP contribution in [0, 0.1) is 12.7 Å². The minimum Gasteiger partial charge on any atom is -0.489 e. The van der Waals surface area contributed by atoms with Crippen molar-refractivity contribution in [2.75, 3.05) is 13.2 Å². The predicted octanol–water partition coefficient (Wildman–Crippen LogP) is 2.23. The molecule has 190 valence electrons. The van der Waals surface area contributed by atoms with Crippen LogP contribution in [0.15, 0.2) is 36.4 Å². The molecule has 0 unspecified atom stereocenters. The first-order chi connectivity index (χ1) is 16.8.